The SMILES string of the molecule is C=C1C(=O)O[C@@H]2/C=C(/CO)CC/C=C(/C=O)C[C@@H](O)[C@@H]12. The van der Waals surface area contributed by atoms with Crippen LogP contribution in [0.1, 0.15) is 19.3 Å². The van der Waals surface area contributed by atoms with Crippen molar-refractivity contribution in [3.8, 4) is 0 Å². The number of ether oxygens (including phenoxy) is 1. The van der Waals surface area contributed by atoms with Crippen molar-refractivity contribution in [1.82, 2.24) is 0 Å². The molecule has 0 amide bonds. The molecule has 1 aliphatic heterocycles. The highest BCUT2D eigenvalue weighted by molar-refractivity contribution is 5.91. The molecular formula is C15H18O5. The van der Waals surface area contributed by atoms with Crippen molar-refractivity contribution in [3.63, 3.8) is 0 Å². The van der Waals surface area contributed by atoms with E-state index in [0.29, 0.717) is 24.7 Å². The molecule has 0 spiro atoms. The van der Waals surface area contributed by atoms with Crippen LogP contribution in [-0.4, -0.2) is 41.3 Å². The maximum Gasteiger partial charge on any atom is 0.334 e. The Hall–Kier alpha value is -1.72. The highest BCUT2D eigenvalue weighted by atomic mass is 16.6. The van der Waals surface area contributed by atoms with Crippen molar-refractivity contribution in [2.45, 2.75) is 31.5 Å². The standard InChI is InChI=1S/C15H18O5/c1-9-14-12(18)5-10(7-16)3-2-4-11(8-17)6-13(14)20-15(9)19/h3,6-7,12-14,17-18H,1-2,4-5,8H2/b10-3+,11-6+/t12-,13-,14-/m1/s1. The summed E-state index contributed by atoms with van der Waals surface area (Å²) in [5, 5.41) is 19.6. The molecule has 2 aliphatic rings. The van der Waals surface area contributed by atoms with Gasteiger partial charge in [0.15, 0.2) is 0 Å². The summed E-state index contributed by atoms with van der Waals surface area (Å²) in [6, 6.07) is 0. The molecule has 5 nitrogen and oxygen atoms in total. The summed E-state index contributed by atoms with van der Waals surface area (Å²) < 4.78 is 5.19. The normalized spacial score (nSPS) is 36.2. The van der Waals surface area contributed by atoms with Crippen LogP contribution in [0.15, 0.2) is 35.5 Å². The van der Waals surface area contributed by atoms with Gasteiger partial charge in [-0.3, -0.25) is 4.79 Å². The monoisotopic (exact) mass is 278 g/mol. The van der Waals surface area contributed by atoms with Crippen LogP contribution in [0.25, 0.3) is 0 Å². The molecule has 0 aromatic rings. The molecule has 1 fully saturated rings. The smallest absolute Gasteiger partial charge is 0.334 e. The largest absolute Gasteiger partial charge is 0.454 e. The lowest BCUT2D eigenvalue weighted by Crippen LogP contribution is -2.29. The lowest BCUT2D eigenvalue weighted by molar-refractivity contribution is -0.137. The summed E-state index contributed by atoms with van der Waals surface area (Å²) in [7, 11) is 0. The van der Waals surface area contributed by atoms with Gasteiger partial charge in [0.2, 0.25) is 0 Å². The first-order chi connectivity index (χ1) is 9.56. The molecule has 0 aromatic heterocycles. The van der Waals surface area contributed by atoms with Gasteiger partial charge in [-0.2, -0.15) is 0 Å². The van der Waals surface area contributed by atoms with Crippen molar-refractivity contribution >= 4 is 12.3 Å². The van der Waals surface area contributed by atoms with Gasteiger partial charge in [-0.25, -0.2) is 4.79 Å². The highest BCUT2D eigenvalue weighted by Crippen LogP contribution is 2.34. The second kappa shape index (κ2) is 6.15. The number of aliphatic hydroxyl groups is 2. The van der Waals surface area contributed by atoms with Gasteiger partial charge in [0.05, 0.1) is 18.6 Å². The van der Waals surface area contributed by atoms with E-state index in [2.05, 4.69) is 6.58 Å². The number of hydrogen-bond acceptors (Lipinski definition) is 5. The molecule has 1 heterocycles. The third-order valence-corrected chi connectivity index (χ3v) is 3.75. The first kappa shape index (κ1) is 14.7. The van der Waals surface area contributed by atoms with E-state index in [1.807, 2.05) is 0 Å². The first-order valence-electron chi connectivity index (χ1n) is 6.59. The Balaban J connectivity index is 2.36. The van der Waals surface area contributed by atoms with Gasteiger partial charge >= 0.3 is 5.97 Å². The summed E-state index contributed by atoms with van der Waals surface area (Å²) >= 11 is 0. The van der Waals surface area contributed by atoms with Crippen LogP contribution in [0.2, 0.25) is 0 Å². The number of rotatable bonds is 2. The molecule has 2 rings (SSSR count). The van der Waals surface area contributed by atoms with E-state index < -0.39 is 24.1 Å². The van der Waals surface area contributed by atoms with Gasteiger partial charge < -0.3 is 14.9 Å². The van der Waals surface area contributed by atoms with E-state index in [0.717, 1.165) is 5.57 Å². The predicted molar refractivity (Wildman–Crippen MR) is 71.7 cm³/mol. The van der Waals surface area contributed by atoms with Crippen LogP contribution in [-0.2, 0) is 14.3 Å². The molecule has 0 saturated carbocycles. The summed E-state index contributed by atoms with van der Waals surface area (Å²) in [5.41, 5.74) is 1.42. The molecule has 0 unspecified atom stereocenters. The Morgan fingerprint density at radius 2 is 2.25 bits per heavy atom. The van der Waals surface area contributed by atoms with E-state index in [-0.39, 0.29) is 18.6 Å². The fourth-order valence-electron chi connectivity index (χ4n) is 2.63. The van der Waals surface area contributed by atoms with Gasteiger partial charge in [-0.15, -0.1) is 0 Å². The average Bonchev–Trinajstić information content (AvgIpc) is 2.71. The summed E-state index contributed by atoms with van der Waals surface area (Å²) in [4.78, 5) is 22.6. The minimum absolute atomic E-state index is 0.145. The second-order valence-corrected chi connectivity index (χ2v) is 5.11. The van der Waals surface area contributed by atoms with Crippen LogP contribution < -0.4 is 0 Å². The molecule has 108 valence electrons. The Bertz CT molecular complexity index is 488. The number of fused-ring (bicyclic) bond motifs is 1. The van der Waals surface area contributed by atoms with Gasteiger partial charge in [0, 0.05) is 12.0 Å². The Labute approximate surface area is 117 Å². The molecule has 1 aliphatic carbocycles. The van der Waals surface area contributed by atoms with E-state index in [1.54, 1.807) is 12.2 Å². The Morgan fingerprint density at radius 3 is 2.90 bits per heavy atom. The Morgan fingerprint density at radius 1 is 1.50 bits per heavy atom. The topological polar surface area (TPSA) is 83.8 Å². The van der Waals surface area contributed by atoms with Crippen molar-refractivity contribution in [1.29, 1.82) is 0 Å². The van der Waals surface area contributed by atoms with Crippen LogP contribution in [0.4, 0.5) is 0 Å². The number of carbonyl (C=O) groups is 2. The van der Waals surface area contributed by atoms with Crippen LogP contribution >= 0.6 is 0 Å². The van der Waals surface area contributed by atoms with Crippen LogP contribution in [0, 0.1) is 5.92 Å². The number of allylic oxidation sites excluding steroid dienone is 1. The molecule has 0 bridgehead atoms. The van der Waals surface area contributed by atoms with Gasteiger partial charge in [-0.1, -0.05) is 12.7 Å². The number of carbonyl (C=O) groups excluding carboxylic acids is 2. The van der Waals surface area contributed by atoms with E-state index in [4.69, 9.17) is 4.74 Å². The molecular weight excluding hydrogens is 260 g/mol. The maximum absolute atomic E-state index is 11.6. The minimum Gasteiger partial charge on any atom is -0.454 e. The number of hydrogen-bond donors (Lipinski definition) is 2. The van der Waals surface area contributed by atoms with Crippen molar-refractivity contribution in [2.24, 2.45) is 5.92 Å². The van der Waals surface area contributed by atoms with Gasteiger partial charge in [0.25, 0.3) is 0 Å². The van der Waals surface area contributed by atoms with Crippen molar-refractivity contribution < 1.29 is 24.5 Å². The molecule has 5 heteroatoms. The molecule has 3 atom stereocenters. The van der Waals surface area contributed by atoms with Crippen LogP contribution in [0.3, 0.4) is 0 Å². The summed E-state index contributed by atoms with van der Waals surface area (Å²) in [6.45, 7) is 3.52. The van der Waals surface area contributed by atoms with E-state index >= 15 is 0 Å². The predicted octanol–water partition coefficient (Wildman–Crippen LogP) is 0.673. The van der Waals surface area contributed by atoms with Crippen molar-refractivity contribution in [2.75, 3.05) is 6.61 Å². The van der Waals surface area contributed by atoms with Gasteiger partial charge in [0.1, 0.15) is 12.4 Å². The zero-order valence-electron chi connectivity index (χ0n) is 11.1. The second-order valence-electron chi connectivity index (χ2n) is 5.11. The van der Waals surface area contributed by atoms with E-state index in [1.165, 1.54) is 0 Å². The fourth-order valence-corrected chi connectivity index (χ4v) is 2.63. The summed E-state index contributed by atoms with van der Waals surface area (Å²) in [5.74, 6) is -1.12. The fraction of sp³-hybridized carbons (Fsp3) is 0.467. The third kappa shape index (κ3) is 2.89. The zero-order chi connectivity index (χ0) is 14.7. The number of aldehydes is 1. The lowest BCUT2D eigenvalue weighted by Gasteiger charge is -2.22. The number of aliphatic hydroxyl groups excluding tert-OH is 2. The molecule has 20 heavy (non-hydrogen) atoms. The summed E-state index contributed by atoms with van der Waals surface area (Å²) in [6.07, 6.45) is 3.95. The van der Waals surface area contributed by atoms with Crippen molar-refractivity contribution in [3.05, 3.63) is 35.5 Å². The quantitative estimate of drug-likeness (QED) is 0.336. The highest BCUT2D eigenvalue weighted by Gasteiger charge is 2.42. The van der Waals surface area contributed by atoms with Gasteiger partial charge in [-0.05, 0) is 30.1 Å². The third-order valence-electron chi connectivity index (χ3n) is 3.75. The molecule has 1 saturated heterocycles. The average molecular weight is 278 g/mol. The molecule has 0 aromatic carbocycles. The van der Waals surface area contributed by atoms with E-state index in [9.17, 15) is 19.8 Å². The lowest BCUT2D eigenvalue weighted by atomic mass is 9.85. The first-order valence-corrected chi connectivity index (χ1v) is 6.59. The molecule has 0 radical (unpaired) electrons. The minimum atomic E-state index is -0.912. The maximum atomic E-state index is 11.6. The Kier molecular flexibility index (Phi) is 4.52. The number of esters is 1. The zero-order valence-corrected chi connectivity index (χ0v) is 11.1. The van der Waals surface area contributed by atoms with Crippen LogP contribution in [0.5, 0.6) is 0 Å². The molecule has 2 N–H and O–H groups in total.